The lowest BCUT2D eigenvalue weighted by molar-refractivity contribution is 0.263. The first-order valence-corrected chi connectivity index (χ1v) is 6.97. The molecule has 2 heterocycles. The fourth-order valence-corrected chi connectivity index (χ4v) is 2.53. The molecule has 0 saturated carbocycles. The Bertz CT molecular complexity index is 817. The molecular weight excluding hydrogens is 313 g/mol. The van der Waals surface area contributed by atoms with E-state index in [1.54, 1.807) is 13.0 Å². The van der Waals surface area contributed by atoms with Crippen molar-refractivity contribution in [3.63, 3.8) is 0 Å². The first kappa shape index (κ1) is 14.1. The molecule has 2 aromatic heterocycles. The van der Waals surface area contributed by atoms with Crippen LogP contribution in [0.3, 0.4) is 0 Å². The van der Waals surface area contributed by atoms with Gasteiger partial charge in [0.1, 0.15) is 5.52 Å². The van der Waals surface area contributed by atoms with E-state index in [-0.39, 0.29) is 6.61 Å². The van der Waals surface area contributed by atoms with Crippen LogP contribution in [-0.2, 0) is 6.61 Å². The summed E-state index contributed by atoms with van der Waals surface area (Å²) in [6, 6.07) is 5.41. The van der Waals surface area contributed by atoms with E-state index in [4.69, 9.17) is 32.4 Å². The zero-order valence-electron chi connectivity index (χ0n) is 11.4. The number of hydrogen-bond donors (Lipinski definition) is 0. The largest absolute Gasteiger partial charge is 0.480 e. The van der Waals surface area contributed by atoms with Crippen molar-refractivity contribution >= 4 is 34.1 Å². The molecule has 0 saturated heterocycles. The van der Waals surface area contributed by atoms with E-state index in [1.807, 2.05) is 19.1 Å². The van der Waals surface area contributed by atoms with Gasteiger partial charge < -0.3 is 9.15 Å². The van der Waals surface area contributed by atoms with Crippen molar-refractivity contribution in [3.05, 3.63) is 45.7 Å². The predicted octanol–water partition coefficient (Wildman–Crippen LogP) is 4.12. The lowest BCUT2D eigenvalue weighted by Crippen LogP contribution is -1.99. The Hall–Kier alpha value is -1.85. The maximum Gasteiger partial charge on any atom is 0.253 e. The van der Waals surface area contributed by atoms with Gasteiger partial charge in [0, 0.05) is 18.0 Å². The number of hydrogen-bond acceptors (Lipinski definition) is 5. The Morgan fingerprint density at radius 3 is 2.67 bits per heavy atom. The molecule has 0 aliphatic heterocycles. The number of benzene rings is 1. The van der Waals surface area contributed by atoms with Crippen molar-refractivity contribution in [1.82, 2.24) is 15.2 Å². The van der Waals surface area contributed by atoms with Gasteiger partial charge in [-0.05, 0) is 25.1 Å². The SMILES string of the molecule is Cc1ccc2c(Cl)cc(Cl)c(OCc3nnc(C)o3)c2n1. The van der Waals surface area contributed by atoms with Gasteiger partial charge in [0.2, 0.25) is 5.89 Å². The summed E-state index contributed by atoms with van der Waals surface area (Å²) in [5.74, 6) is 1.31. The Kier molecular flexibility index (Phi) is 3.69. The molecule has 3 rings (SSSR count). The number of fused-ring (bicyclic) bond motifs is 1. The summed E-state index contributed by atoms with van der Waals surface area (Å²) in [5, 5.41) is 9.32. The Balaban J connectivity index is 2.02. The van der Waals surface area contributed by atoms with Gasteiger partial charge in [-0.3, -0.25) is 0 Å². The lowest BCUT2D eigenvalue weighted by atomic mass is 10.2. The first-order chi connectivity index (χ1) is 10.0. The molecule has 108 valence electrons. The van der Waals surface area contributed by atoms with Crippen LogP contribution in [0.2, 0.25) is 10.0 Å². The summed E-state index contributed by atoms with van der Waals surface area (Å²) in [5.41, 5.74) is 1.46. The highest BCUT2D eigenvalue weighted by atomic mass is 35.5. The van der Waals surface area contributed by atoms with Gasteiger partial charge in [0.05, 0.1) is 10.0 Å². The Morgan fingerprint density at radius 2 is 1.95 bits per heavy atom. The number of halogens is 2. The van der Waals surface area contributed by atoms with Crippen molar-refractivity contribution in [2.45, 2.75) is 20.5 Å². The molecule has 0 radical (unpaired) electrons. The minimum Gasteiger partial charge on any atom is -0.480 e. The summed E-state index contributed by atoms with van der Waals surface area (Å²) in [7, 11) is 0. The molecule has 21 heavy (non-hydrogen) atoms. The first-order valence-electron chi connectivity index (χ1n) is 6.22. The van der Waals surface area contributed by atoms with Gasteiger partial charge >= 0.3 is 0 Å². The highest BCUT2D eigenvalue weighted by Gasteiger charge is 2.14. The summed E-state index contributed by atoms with van der Waals surface area (Å²) < 4.78 is 11.0. The number of pyridine rings is 1. The number of nitrogens with zero attached hydrogens (tertiary/aromatic N) is 3. The van der Waals surface area contributed by atoms with Crippen LogP contribution in [-0.4, -0.2) is 15.2 Å². The topological polar surface area (TPSA) is 61.0 Å². The van der Waals surface area contributed by atoms with Crippen LogP contribution in [0.25, 0.3) is 10.9 Å². The molecule has 0 bridgehead atoms. The lowest BCUT2D eigenvalue weighted by Gasteiger charge is -2.11. The van der Waals surface area contributed by atoms with Gasteiger partial charge in [0.15, 0.2) is 12.4 Å². The third-order valence-electron chi connectivity index (χ3n) is 2.89. The quantitative estimate of drug-likeness (QED) is 0.725. The van der Waals surface area contributed by atoms with E-state index in [0.717, 1.165) is 11.1 Å². The van der Waals surface area contributed by atoms with Crippen molar-refractivity contribution < 1.29 is 9.15 Å². The zero-order valence-corrected chi connectivity index (χ0v) is 12.9. The monoisotopic (exact) mass is 323 g/mol. The van der Waals surface area contributed by atoms with Gasteiger partial charge in [-0.15, -0.1) is 10.2 Å². The average molecular weight is 324 g/mol. The number of aryl methyl sites for hydroxylation is 2. The minimum absolute atomic E-state index is 0.118. The molecule has 5 nitrogen and oxygen atoms in total. The molecule has 0 aliphatic rings. The molecule has 0 aliphatic carbocycles. The van der Waals surface area contributed by atoms with E-state index >= 15 is 0 Å². The second kappa shape index (κ2) is 5.50. The van der Waals surface area contributed by atoms with E-state index in [2.05, 4.69) is 15.2 Å². The number of rotatable bonds is 3. The molecule has 0 atom stereocenters. The maximum absolute atomic E-state index is 6.22. The van der Waals surface area contributed by atoms with E-state index in [9.17, 15) is 0 Å². The summed E-state index contributed by atoms with van der Waals surface area (Å²) >= 11 is 12.4. The van der Waals surface area contributed by atoms with Crippen molar-refractivity contribution in [1.29, 1.82) is 0 Å². The highest BCUT2D eigenvalue weighted by Crippen LogP contribution is 2.37. The van der Waals surface area contributed by atoms with Crippen LogP contribution in [0.15, 0.2) is 22.6 Å². The molecule has 7 heteroatoms. The maximum atomic E-state index is 6.22. The van der Waals surface area contributed by atoms with Crippen LogP contribution in [0, 0.1) is 13.8 Å². The standard InChI is InChI=1S/C14H11Cl2N3O2/c1-7-3-4-9-10(15)5-11(16)14(13(9)17-7)20-6-12-19-18-8(2)21-12/h3-5H,6H2,1-2H3. The zero-order chi connectivity index (χ0) is 15.0. The Morgan fingerprint density at radius 1 is 1.14 bits per heavy atom. The second-order valence-electron chi connectivity index (χ2n) is 4.52. The van der Waals surface area contributed by atoms with Gasteiger partial charge in [-0.2, -0.15) is 0 Å². The van der Waals surface area contributed by atoms with Crippen LogP contribution < -0.4 is 4.74 Å². The van der Waals surface area contributed by atoms with E-state index < -0.39 is 0 Å². The third kappa shape index (κ3) is 2.80. The van der Waals surface area contributed by atoms with Crippen LogP contribution in [0.4, 0.5) is 0 Å². The third-order valence-corrected chi connectivity index (χ3v) is 3.48. The van der Waals surface area contributed by atoms with Crippen LogP contribution >= 0.6 is 23.2 Å². The molecular formula is C14H11Cl2N3O2. The highest BCUT2D eigenvalue weighted by molar-refractivity contribution is 6.39. The van der Waals surface area contributed by atoms with Gasteiger partial charge in [-0.1, -0.05) is 23.2 Å². The van der Waals surface area contributed by atoms with Crippen molar-refractivity contribution in [2.75, 3.05) is 0 Å². The average Bonchev–Trinajstić information content (AvgIpc) is 2.84. The predicted molar refractivity (Wildman–Crippen MR) is 79.9 cm³/mol. The fourth-order valence-electron chi connectivity index (χ4n) is 1.96. The normalized spacial score (nSPS) is 11.0. The Labute approximate surface area is 130 Å². The fraction of sp³-hybridized carbons (Fsp3) is 0.214. The minimum atomic E-state index is 0.118. The molecule has 0 unspecified atom stereocenters. The molecule has 0 amide bonds. The summed E-state index contributed by atoms with van der Waals surface area (Å²) in [4.78, 5) is 4.45. The van der Waals surface area contributed by atoms with Gasteiger partial charge in [-0.25, -0.2) is 4.98 Å². The number of aromatic nitrogens is 3. The van der Waals surface area contributed by atoms with Crippen molar-refractivity contribution in [2.24, 2.45) is 0 Å². The van der Waals surface area contributed by atoms with E-state index in [0.29, 0.717) is 33.1 Å². The van der Waals surface area contributed by atoms with E-state index in [1.165, 1.54) is 0 Å². The molecule has 0 fully saturated rings. The van der Waals surface area contributed by atoms with Gasteiger partial charge in [0.25, 0.3) is 5.89 Å². The number of ether oxygens (including phenoxy) is 1. The molecule has 3 aromatic rings. The smallest absolute Gasteiger partial charge is 0.253 e. The van der Waals surface area contributed by atoms with Crippen LogP contribution in [0.5, 0.6) is 5.75 Å². The summed E-state index contributed by atoms with van der Waals surface area (Å²) in [6.07, 6.45) is 0. The molecule has 0 spiro atoms. The molecule has 1 aromatic carbocycles. The molecule has 0 N–H and O–H groups in total. The summed E-state index contributed by atoms with van der Waals surface area (Å²) in [6.45, 7) is 3.72. The second-order valence-corrected chi connectivity index (χ2v) is 5.34. The van der Waals surface area contributed by atoms with Crippen LogP contribution in [0.1, 0.15) is 17.5 Å². The van der Waals surface area contributed by atoms with Crippen molar-refractivity contribution in [3.8, 4) is 5.75 Å².